The first-order valence-electron chi connectivity index (χ1n) is 4.11. The molecule has 0 heterocycles. The summed E-state index contributed by atoms with van der Waals surface area (Å²) in [6.45, 7) is 1.62. The lowest BCUT2D eigenvalue weighted by Gasteiger charge is -2.46. The standard InChI is InChI=1S/C8H13NO4/c1-8(5(9)7(12)13)3-2-4(8)6(10)11/h4-5H,2-3,9H2,1H3,(H,10,11)(H,12,13)/t4-,5+,8-/m0/s1. The summed E-state index contributed by atoms with van der Waals surface area (Å²) in [4.78, 5) is 21.3. The van der Waals surface area contributed by atoms with Crippen molar-refractivity contribution < 1.29 is 19.8 Å². The van der Waals surface area contributed by atoms with Gasteiger partial charge >= 0.3 is 11.9 Å². The molecule has 0 unspecified atom stereocenters. The van der Waals surface area contributed by atoms with Gasteiger partial charge in [-0.3, -0.25) is 9.59 Å². The van der Waals surface area contributed by atoms with Gasteiger partial charge in [-0.2, -0.15) is 0 Å². The fourth-order valence-electron chi connectivity index (χ4n) is 1.80. The highest BCUT2D eigenvalue weighted by Gasteiger charge is 2.53. The lowest BCUT2D eigenvalue weighted by molar-refractivity contribution is -0.159. The second-order valence-electron chi connectivity index (χ2n) is 3.75. The predicted octanol–water partition coefficient (Wildman–Crippen LogP) is -0.101. The van der Waals surface area contributed by atoms with E-state index in [0.29, 0.717) is 12.8 Å². The zero-order valence-electron chi connectivity index (χ0n) is 7.36. The Morgan fingerprint density at radius 1 is 1.54 bits per heavy atom. The maximum absolute atomic E-state index is 10.7. The highest BCUT2D eigenvalue weighted by atomic mass is 16.4. The van der Waals surface area contributed by atoms with Gasteiger partial charge in [0.15, 0.2) is 0 Å². The van der Waals surface area contributed by atoms with Crippen LogP contribution in [0.15, 0.2) is 0 Å². The summed E-state index contributed by atoms with van der Waals surface area (Å²) in [5, 5.41) is 17.4. The first-order chi connectivity index (χ1) is 5.89. The zero-order valence-corrected chi connectivity index (χ0v) is 7.36. The Balaban J connectivity index is 2.77. The molecule has 0 saturated heterocycles. The lowest BCUT2D eigenvalue weighted by Crippen LogP contribution is -2.57. The van der Waals surface area contributed by atoms with E-state index in [1.54, 1.807) is 6.92 Å². The maximum Gasteiger partial charge on any atom is 0.321 e. The van der Waals surface area contributed by atoms with Gasteiger partial charge in [-0.15, -0.1) is 0 Å². The average molecular weight is 187 g/mol. The Kier molecular flexibility index (Phi) is 2.30. The van der Waals surface area contributed by atoms with E-state index < -0.39 is 29.3 Å². The smallest absolute Gasteiger partial charge is 0.321 e. The molecule has 3 atom stereocenters. The number of aliphatic carboxylic acids is 2. The summed E-state index contributed by atoms with van der Waals surface area (Å²) in [5.41, 5.74) is 4.64. The number of hydrogen-bond acceptors (Lipinski definition) is 3. The van der Waals surface area contributed by atoms with Gasteiger partial charge in [0.1, 0.15) is 6.04 Å². The minimum absolute atomic E-state index is 0.521. The van der Waals surface area contributed by atoms with Gasteiger partial charge in [-0.05, 0) is 12.8 Å². The molecule has 1 fully saturated rings. The summed E-state index contributed by atoms with van der Waals surface area (Å²) in [6.07, 6.45) is 1.09. The highest BCUT2D eigenvalue weighted by molar-refractivity contribution is 5.79. The molecule has 13 heavy (non-hydrogen) atoms. The van der Waals surface area contributed by atoms with E-state index in [9.17, 15) is 9.59 Å². The molecule has 4 N–H and O–H groups in total. The van der Waals surface area contributed by atoms with Crippen molar-refractivity contribution in [3.8, 4) is 0 Å². The monoisotopic (exact) mass is 187 g/mol. The van der Waals surface area contributed by atoms with Gasteiger partial charge in [-0.25, -0.2) is 0 Å². The number of carboxylic acids is 2. The Bertz CT molecular complexity index is 235. The zero-order chi connectivity index (χ0) is 10.2. The molecule has 0 aromatic heterocycles. The minimum Gasteiger partial charge on any atom is -0.481 e. The van der Waals surface area contributed by atoms with Crippen LogP contribution in [0.25, 0.3) is 0 Å². The fraction of sp³-hybridized carbons (Fsp3) is 0.750. The molecule has 0 aliphatic heterocycles. The summed E-state index contributed by atoms with van der Waals surface area (Å²) in [6, 6.07) is -1.08. The second kappa shape index (κ2) is 2.99. The third-order valence-electron chi connectivity index (χ3n) is 3.04. The first-order valence-corrected chi connectivity index (χ1v) is 4.11. The van der Waals surface area contributed by atoms with Crippen molar-refractivity contribution in [3.63, 3.8) is 0 Å². The van der Waals surface area contributed by atoms with E-state index in [2.05, 4.69) is 0 Å². The van der Waals surface area contributed by atoms with Gasteiger partial charge in [0.05, 0.1) is 5.92 Å². The summed E-state index contributed by atoms with van der Waals surface area (Å²) in [5.74, 6) is -2.70. The molecule has 0 spiro atoms. The van der Waals surface area contributed by atoms with Crippen LogP contribution in [0.1, 0.15) is 19.8 Å². The normalized spacial score (nSPS) is 34.8. The quantitative estimate of drug-likeness (QED) is 0.572. The minimum atomic E-state index is -1.13. The van der Waals surface area contributed by atoms with Crippen molar-refractivity contribution in [1.82, 2.24) is 0 Å². The molecule has 0 aromatic rings. The van der Waals surface area contributed by atoms with Crippen molar-refractivity contribution in [2.75, 3.05) is 0 Å². The van der Waals surface area contributed by atoms with E-state index in [0.717, 1.165) is 0 Å². The molecule has 5 heteroatoms. The summed E-state index contributed by atoms with van der Waals surface area (Å²) < 4.78 is 0. The Morgan fingerprint density at radius 2 is 2.08 bits per heavy atom. The number of rotatable bonds is 3. The molecule has 5 nitrogen and oxygen atoms in total. The number of hydrogen-bond donors (Lipinski definition) is 3. The number of nitrogens with two attached hydrogens (primary N) is 1. The van der Waals surface area contributed by atoms with Gasteiger partial charge < -0.3 is 15.9 Å². The van der Waals surface area contributed by atoms with Crippen LogP contribution in [-0.4, -0.2) is 28.2 Å². The molecule has 0 bridgehead atoms. The van der Waals surface area contributed by atoms with Crippen LogP contribution < -0.4 is 5.73 Å². The molecule has 1 rings (SSSR count). The largest absolute Gasteiger partial charge is 0.481 e. The predicted molar refractivity (Wildman–Crippen MR) is 44.1 cm³/mol. The van der Waals surface area contributed by atoms with Crippen LogP contribution in [0.3, 0.4) is 0 Å². The molecule has 0 amide bonds. The average Bonchev–Trinajstić information content (AvgIpc) is 1.98. The van der Waals surface area contributed by atoms with Crippen molar-refractivity contribution in [2.24, 2.45) is 17.1 Å². The van der Waals surface area contributed by atoms with Gasteiger partial charge in [0.25, 0.3) is 0 Å². The first kappa shape index (κ1) is 9.98. The Morgan fingerprint density at radius 3 is 2.31 bits per heavy atom. The van der Waals surface area contributed by atoms with Crippen molar-refractivity contribution in [1.29, 1.82) is 0 Å². The van der Waals surface area contributed by atoms with Crippen LogP contribution in [0.5, 0.6) is 0 Å². The van der Waals surface area contributed by atoms with Crippen LogP contribution >= 0.6 is 0 Å². The van der Waals surface area contributed by atoms with E-state index in [-0.39, 0.29) is 0 Å². The topological polar surface area (TPSA) is 101 Å². The SMILES string of the molecule is C[C@]1([C@H](N)C(=O)O)CC[C@H]1C(=O)O. The van der Waals surface area contributed by atoms with Crippen LogP contribution in [-0.2, 0) is 9.59 Å². The van der Waals surface area contributed by atoms with Gasteiger partial charge in [0, 0.05) is 5.41 Å². The third kappa shape index (κ3) is 1.39. The number of carbonyl (C=O) groups is 2. The molecule has 0 aromatic carbocycles. The Labute approximate surface area is 75.5 Å². The second-order valence-corrected chi connectivity index (χ2v) is 3.75. The van der Waals surface area contributed by atoms with Gasteiger partial charge in [0.2, 0.25) is 0 Å². The van der Waals surface area contributed by atoms with E-state index >= 15 is 0 Å². The highest BCUT2D eigenvalue weighted by Crippen LogP contribution is 2.48. The summed E-state index contributed by atoms with van der Waals surface area (Å²) in [7, 11) is 0. The lowest BCUT2D eigenvalue weighted by atomic mass is 9.57. The van der Waals surface area contributed by atoms with Crippen LogP contribution in [0, 0.1) is 11.3 Å². The van der Waals surface area contributed by atoms with Crippen molar-refractivity contribution >= 4 is 11.9 Å². The maximum atomic E-state index is 10.7. The number of carboxylic acid groups (broad SMARTS) is 2. The Hall–Kier alpha value is -1.10. The third-order valence-corrected chi connectivity index (χ3v) is 3.04. The molecular weight excluding hydrogens is 174 g/mol. The van der Waals surface area contributed by atoms with E-state index in [4.69, 9.17) is 15.9 Å². The molecule has 1 aliphatic rings. The van der Waals surface area contributed by atoms with Crippen LogP contribution in [0.4, 0.5) is 0 Å². The van der Waals surface area contributed by atoms with Crippen molar-refractivity contribution in [2.45, 2.75) is 25.8 Å². The van der Waals surface area contributed by atoms with Gasteiger partial charge in [-0.1, -0.05) is 6.92 Å². The summed E-state index contributed by atoms with van der Waals surface area (Å²) >= 11 is 0. The van der Waals surface area contributed by atoms with Crippen molar-refractivity contribution in [3.05, 3.63) is 0 Å². The van der Waals surface area contributed by atoms with E-state index in [1.165, 1.54) is 0 Å². The van der Waals surface area contributed by atoms with Crippen LogP contribution in [0.2, 0.25) is 0 Å². The molecule has 1 saturated carbocycles. The molecule has 1 aliphatic carbocycles. The molecule has 0 radical (unpaired) electrons. The molecule has 74 valence electrons. The van der Waals surface area contributed by atoms with E-state index in [1.807, 2.05) is 0 Å². The molecular formula is C8H13NO4. The fourth-order valence-corrected chi connectivity index (χ4v) is 1.80.